The summed E-state index contributed by atoms with van der Waals surface area (Å²) in [5.41, 5.74) is 1.64. The first kappa shape index (κ1) is 14.4. The van der Waals surface area contributed by atoms with Gasteiger partial charge in [-0.05, 0) is 25.3 Å². The number of carbonyl (C=O) groups excluding carboxylic acids is 2. The maximum Gasteiger partial charge on any atom is 0.294 e. The summed E-state index contributed by atoms with van der Waals surface area (Å²) < 4.78 is 0. The lowest BCUT2D eigenvalue weighted by molar-refractivity contribution is -0.126. The third-order valence-corrected chi connectivity index (χ3v) is 3.08. The number of amides is 1. The predicted octanol–water partition coefficient (Wildman–Crippen LogP) is 2.86. The van der Waals surface area contributed by atoms with Gasteiger partial charge < -0.3 is 4.90 Å². The van der Waals surface area contributed by atoms with Crippen molar-refractivity contribution in [3.8, 4) is 0 Å². The molecular formula is C15H21NO2. The fourth-order valence-corrected chi connectivity index (χ4v) is 1.80. The Morgan fingerprint density at radius 2 is 1.56 bits per heavy atom. The van der Waals surface area contributed by atoms with Gasteiger partial charge in [0.05, 0.1) is 0 Å². The molecule has 1 amide bonds. The summed E-state index contributed by atoms with van der Waals surface area (Å²) in [5.74, 6) is -0.418. The highest BCUT2D eigenvalue weighted by Crippen LogP contribution is 2.15. The van der Waals surface area contributed by atoms with E-state index in [1.165, 1.54) is 5.56 Å². The van der Waals surface area contributed by atoms with E-state index < -0.39 is 11.7 Å². The van der Waals surface area contributed by atoms with E-state index in [9.17, 15) is 9.59 Å². The molecule has 0 heterocycles. The first-order valence-corrected chi connectivity index (χ1v) is 6.44. The Balaban J connectivity index is 2.87. The summed E-state index contributed by atoms with van der Waals surface area (Å²) in [7, 11) is 0. The van der Waals surface area contributed by atoms with Crippen molar-refractivity contribution in [2.45, 2.75) is 33.6 Å². The van der Waals surface area contributed by atoms with Crippen LogP contribution in [0.15, 0.2) is 24.3 Å². The topological polar surface area (TPSA) is 37.4 Å². The number of hydrogen-bond acceptors (Lipinski definition) is 2. The van der Waals surface area contributed by atoms with E-state index in [0.717, 1.165) is 0 Å². The Morgan fingerprint density at radius 1 is 1.06 bits per heavy atom. The van der Waals surface area contributed by atoms with Crippen LogP contribution in [-0.2, 0) is 4.79 Å². The average Bonchev–Trinajstić information content (AvgIpc) is 2.39. The average molecular weight is 247 g/mol. The first-order valence-electron chi connectivity index (χ1n) is 6.44. The van der Waals surface area contributed by atoms with Crippen molar-refractivity contribution < 1.29 is 9.59 Å². The van der Waals surface area contributed by atoms with Crippen LogP contribution in [0.5, 0.6) is 0 Å². The number of Topliss-reactive ketones (excluding diaryl/α,β-unsaturated/α-hetero) is 1. The van der Waals surface area contributed by atoms with E-state index in [1.54, 1.807) is 17.0 Å². The van der Waals surface area contributed by atoms with Crippen LogP contribution in [0.25, 0.3) is 0 Å². The Hall–Kier alpha value is -1.64. The maximum absolute atomic E-state index is 12.0. The molecule has 0 atom stereocenters. The van der Waals surface area contributed by atoms with Crippen molar-refractivity contribution in [2.75, 3.05) is 13.1 Å². The lowest BCUT2D eigenvalue weighted by Crippen LogP contribution is -2.36. The standard InChI is InChI=1S/C15H21NO2/c1-5-16(6-2)15(18)14(17)13-9-7-12(8-10-13)11(3)4/h7-11H,5-6H2,1-4H3. The minimum absolute atomic E-state index is 0.419. The monoisotopic (exact) mass is 247 g/mol. The molecule has 3 nitrogen and oxygen atoms in total. The number of carbonyl (C=O) groups is 2. The normalized spacial score (nSPS) is 10.5. The van der Waals surface area contributed by atoms with Crippen LogP contribution in [0.2, 0.25) is 0 Å². The molecule has 0 aliphatic heterocycles. The van der Waals surface area contributed by atoms with Gasteiger partial charge in [-0.15, -0.1) is 0 Å². The van der Waals surface area contributed by atoms with E-state index >= 15 is 0 Å². The molecule has 98 valence electrons. The van der Waals surface area contributed by atoms with Crippen LogP contribution in [0.3, 0.4) is 0 Å². The lowest BCUT2D eigenvalue weighted by atomic mass is 10.0. The van der Waals surface area contributed by atoms with E-state index in [2.05, 4.69) is 13.8 Å². The zero-order chi connectivity index (χ0) is 13.7. The van der Waals surface area contributed by atoms with Crippen LogP contribution in [0, 0.1) is 0 Å². The zero-order valence-corrected chi connectivity index (χ0v) is 11.6. The minimum atomic E-state index is -0.422. The van der Waals surface area contributed by atoms with Crippen molar-refractivity contribution >= 4 is 11.7 Å². The number of rotatable bonds is 5. The molecular weight excluding hydrogens is 226 g/mol. The first-order chi connectivity index (χ1) is 8.51. The molecule has 3 heteroatoms. The van der Waals surface area contributed by atoms with Crippen LogP contribution in [-0.4, -0.2) is 29.7 Å². The molecule has 0 aliphatic rings. The van der Waals surface area contributed by atoms with Crippen molar-refractivity contribution in [3.63, 3.8) is 0 Å². The number of ketones is 1. The van der Waals surface area contributed by atoms with Gasteiger partial charge in [-0.3, -0.25) is 9.59 Å². The van der Waals surface area contributed by atoms with Gasteiger partial charge in [0.25, 0.3) is 5.91 Å². The summed E-state index contributed by atoms with van der Waals surface area (Å²) in [5, 5.41) is 0. The van der Waals surface area contributed by atoms with Gasteiger partial charge in [0.1, 0.15) is 0 Å². The van der Waals surface area contributed by atoms with E-state index in [0.29, 0.717) is 24.6 Å². The summed E-state index contributed by atoms with van der Waals surface area (Å²) in [6, 6.07) is 7.29. The molecule has 1 rings (SSSR count). The van der Waals surface area contributed by atoms with Crippen LogP contribution in [0.1, 0.15) is 49.5 Å². The van der Waals surface area contributed by atoms with Gasteiger partial charge in [0.15, 0.2) is 0 Å². The van der Waals surface area contributed by atoms with Gasteiger partial charge in [-0.2, -0.15) is 0 Å². The maximum atomic E-state index is 12.0. The van der Waals surface area contributed by atoms with Crippen molar-refractivity contribution in [1.29, 1.82) is 0 Å². The highest BCUT2D eigenvalue weighted by Gasteiger charge is 2.20. The van der Waals surface area contributed by atoms with Gasteiger partial charge in [0.2, 0.25) is 5.78 Å². The second kappa shape index (κ2) is 6.34. The van der Waals surface area contributed by atoms with Gasteiger partial charge in [0, 0.05) is 18.7 Å². The molecule has 0 radical (unpaired) electrons. The molecule has 0 bridgehead atoms. The third kappa shape index (κ3) is 3.19. The predicted molar refractivity (Wildman–Crippen MR) is 72.8 cm³/mol. The fourth-order valence-electron chi connectivity index (χ4n) is 1.80. The van der Waals surface area contributed by atoms with Gasteiger partial charge in [-0.25, -0.2) is 0 Å². The van der Waals surface area contributed by atoms with Crippen molar-refractivity contribution in [2.24, 2.45) is 0 Å². The fraction of sp³-hybridized carbons (Fsp3) is 0.467. The molecule has 1 aromatic rings. The van der Waals surface area contributed by atoms with E-state index in [1.807, 2.05) is 26.0 Å². The molecule has 0 spiro atoms. The van der Waals surface area contributed by atoms with Crippen molar-refractivity contribution in [1.82, 2.24) is 4.90 Å². The summed E-state index contributed by atoms with van der Waals surface area (Å²) in [4.78, 5) is 25.4. The van der Waals surface area contributed by atoms with Gasteiger partial charge in [-0.1, -0.05) is 38.1 Å². The lowest BCUT2D eigenvalue weighted by Gasteiger charge is -2.17. The zero-order valence-electron chi connectivity index (χ0n) is 11.6. The third-order valence-electron chi connectivity index (χ3n) is 3.08. The Morgan fingerprint density at radius 3 is 1.94 bits per heavy atom. The van der Waals surface area contributed by atoms with Gasteiger partial charge >= 0.3 is 0 Å². The molecule has 18 heavy (non-hydrogen) atoms. The SMILES string of the molecule is CCN(CC)C(=O)C(=O)c1ccc(C(C)C)cc1. The molecule has 0 aromatic heterocycles. The summed E-state index contributed by atoms with van der Waals surface area (Å²) in [6.07, 6.45) is 0. The largest absolute Gasteiger partial charge is 0.336 e. The number of hydrogen-bond donors (Lipinski definition) is 0. The second-order valence-corrected chi connectivity index (χ2v) is 4.58. The Bertz CT molecular complexity index is 417. The minimum Gasteiger partial charge on any atom is -0.336 e. The molecule has 0 N–H and O–H groups in total. The van der Waals surface area contributed by atoms with Crippen LogP contribution < -0.4 is 0 Å². The molecule has 0 saturated carbocycles. The number of likely N-dealkylation sites (N-methyl/N-ethyl adjacent to an activating group) is 1. The highest BCUT2D eigenvalue weighted by atomic mass is 16.2. The Labute approximate surface area is 109 Å². The van der Waals surface area contributed by atoms with E-state index in [-0.39, 0.29) is 0 Å². The molecule has 1 aromatic carbocycles. The van der Waals surface area contributed by atoms with Crippen LogP contribution in [0.4, 0.5) is 0 Å². The van der Waals surface area contributed by atoms with Crippen molar-refractivity contribution in [3.05, 3.63) is 35.4 Å². The molecule has 0 unspecified atom stereocenters. The van der Waals surface area contributed by atoms with E-state index in [4.69, 9.17) is 0 Å². The second-order valence-electron chi connectivity index (χ2n) is 4.58. The Kier molecular flexibility index (Phi) is 5.08. The quantitative estimate of drug-likeness (QED) is 0.592. The summed E-state index contributed by atoms with van der Waals surface area (Å²) >= 11 is 0. The highest BCUT2D eigenvalue weighted by molar-refractivity contribution is 6.42. The smallest absolute Gasteiger partial charge is 0.294 e. The van der Waals surface area contributed by atoms with Crippen LogP contribution >= 0.6 is 0 Å². The molecule has 0 saturated heterocycles. The summed E-state index contributed by atoms with van der Waals surface area (Å²) in [6.45, 7) is 9.05. The molecule has 0 fully saturated rings. The number of benzene rings is 1. The molecule has 0 aliphatic carbocycles. The number of nitrogens with zero attached hydrogens (tertiary/aromatic N) is 1.